The van der Waals surface area contributed by atoms with E-state index in [-0.39, 0.29) is 10.7 Å². The number of aryl methyl sites for hydroxylation is 1. The van der Waals surface area contributed by atoms with Gasteiger partial charge in [-0.15, -0.1) is 0 Å². The van der Waals surface area contributed by atoms with Crippen LogP contribution in [0.4, 0.5) is 21.7 Å². The van der Waals surface area contributed by atoms with Gasteiger partial charge in [0.05, 0.1) is 10.7 Å². The van der Waals surface area contributed by atoms with Crippen molar-refractivity contribution in [1.29, 1.82) is 0 Å². The van der Waals surface area contributed by atoms with Gasteiger partial charge in [0.25, 0.3) is 0 Å². The van der Waals surface area contributed by atoms with Crippen LogP contribution in [0, 0.1) is 5.82 Å². The fourth-order valence-corrected chi connectivity index (χ4v) is 1.76. The lowest BCUT2D eigenvalue weighted by Crippen LogP contribution is -2.04. The quantitative estimate of drug-likeness (QED) is 0.898. The Labute approximate surface area is 116 Å². The Morgan fingerprint density at radius 3 is 2.68 bits per heavy atom. The molecule has 0 aliphatic rings. The number of nitrogens with zero attached hydrogens (tertiary/aromatic N) is 2. The van der Waals surface area contributed by atoms with Crippen molar-refractivity contribution in [2.75, 3.05) is 17.7 Å². The van der Waals surface area contributed by atoms with Crippen molar-refractivity contribution in [1.82, 2.24) is 9.97 Å². The van der Waals surface area contributed by atoms with Gasteiger partial charge in [0.15, 0.2) is 5.82 Å². The Hall–Kier alpha value is -1.88. The molecule has 0 radical (unpaired) electrons. The van der Waals surface area contributed by atoms with E-state index in [2.05, 4.69) is 20.6 Å². The van der Waals surface area contributed by atoms with Gasteiger partial charge >= 0.3 is 0 Å². The highest BCUT2D eigenvalue weighted by Crippen LogP contribution is 2.25. The highest BCUT2D eigenvalue weighted by Gasteiger charge is 2.08. The zero-order valence-corrected chi connectivity index (χ0v) is 11.4. The van der Waals surface area contributed by atoms with Gasteiger partial charge in [0.2, 0.25) is 0 Å². The van der Waals surface area contributed by atoms with Gasteiger partial charge < -0.3 is 10.6 Å². The van der Waals surface area contributed by atoms with Crippen LogP contribution in [0.25, 0.3) is 0 Å². The number of halogens is 2. The minimum atomic E-state index is -0.494. The molecular weight excluding hydrogens is 267 g/mol. The third-order valence-corrected chi connectivity index (χ3v) is 2.85. The Balaban J connectivity index is 2.34. The second-order valence-corrected chi connectivity index (χ2v) is 4.29. The summed E-state index contributed by atoms with van der Waals surface area (Å²) in [5.41, 5.74) is 0.287. The van der Waals surface area contributed by atoms with Crippen molar-refractivity contribution in [3.63, 3.8) is 0 Å². The van der Waals surface area contributed by atoms with Crippen LogP contribution in [0.1, 0.15) is 12.7 Å². The maximum Gasteiger partial charge on any atom is 0.165 e. The highest BCUT2D eigenvalue weighted by atomic mass is 35.5. The van der Waals surface area contributed by atoms with Crippen LogP contribution in [-0.2, 0) is 6.42 Å². The molecule has 19 heavy (non-hydrogen) atoms. The Morgan fingerprint density at radius 2 is 2.00 bits per heavy atom. The summed E-state index contributed by atoms with van der Waals surface area (Å²) in [6.07, 6.45) is 0.697. The number of benzene rings is 1. The zero-order chi connectivity index (χ0) is 13.8. The molecule has 6 heteroatoms. The van der Waals surface area contributed by atoms with Gasteiger partial charge in [-0.25, -0.2) is 14.4 Å². The summed E-state index contributed by atoms with van der Waals surface area (Å²) in [6.45, 7) is 1.96. The molecule has 1 heterocycles. The zero-order valence-electron chi connectivity index (χ0n) is 10.7. The molecule has 2 N–H and O–H groups in total. The minimum absolute atomic E-state index is 0.0728. The van der Waals surface area contributed by atoms with Crippen LogP contribution in [0.5, 0.6) is 0 Å². The maximum absolute atomic E-state index is 13.8. The molecule has 100 valence electrons. The average Bonchev–Trinajstić information content (AvgIpc) is 2.43. The normalized spacial score (nSPS) is 10.3. The van der Waals surface area contributed by atoms with Crippen molar-refractivity contribution in [3.05, 3.63) is 40.9 Å². The van der Waals surface area contributed by atoms with Crippen LogP contribution in [0.15, 0.2) is 24.3 Å². The Morgan fingerprint density at radius 1 is 1.26 bits per heavy atom. The molecule has 0 aliphatic heterocycles. The molecule has 2 aromatic rings. The summed E-state index contributed by atoms with van der Waals surface area (Å²) < 4.78 is 13.8. The fourth-order valence-electron chi connectivity index (χ4n) is 1.59. The van der Waals surface area contributed by atoms with Gasteiger partial charge in [0.1, 0.15) is 17.5 Å². The third kappa shape index (κ3) is 3.12. The summed E-state index contributed by atoms with van der Waals surface area (Å²) >= 11 is 5.74. The van der Waals surface area contributed by atoms with Crippen molar-refractivity contribution in [2.45, 2.75) is 13.3 Å². The second-order valence-electron chi connectivity index (χ2n) is 3.88. The van der Waals surface area contributed by atoms with Gasteiger partial charge in [-0.3, -0.25) is 0 Å². The molecule has 0 atom stereocenters. The first kappa shape index (κ1) is 13.5. The fraction of sp³-hybridized carbons (Fsp3) is 0.231. The van der Waals surface area contributed by atoms with E-state index in [0.717, 1.165) is 0 Å². The molecule has 2 rings (SSSR count). The van der Waals surface area contributed by atoms with E-state index in [1.54, 1.807) is 25.2 Å². The molecule has 1 aromatic carbocycles. The summed E-state index contributed by atoms with van der Waals surface area (Å²) in [7, 11) is 1.77. The predicted molar refractivity (Wildman–Crippen MR) is 75.6 cm³/mol. The molecule has 0 aliphatic carbocycles. The predicted octanol–water partition coefficient (Wildman–Crippen LogP) is 3.62. The molecule has 0 spiro atoms. The van der Waals surface area contributed by atoms with Crippen molar-refractivity contribution in [3.8, 4) is 0 Å². The minimum Gasteiger partial charge on any atom is -0.373 e. The van der Waals surface area contributed by atoms with Gasteiger partial charge in [-0.1, -0.05) is 24.6 Å². The SMILES string of the molecule is CCc1nc(NC)cc(Nc2cccc(Cl)c2F)n1. The van der Waals surface area contributed by atoms with E-state index in [4.69, 9.17) is 11.6 Å². The first-order valence-electron chi connectivity index (χ1n) is 5.90. The van der Waals surface area contributed by atoms with Crippen LogP contribution in [-0.4, -0.2) is 17.0 Å². The van der Waals surface area contributed by atoms with Crippen LogP contribution in [0.2, 0.25) is 5.02 Å². The van der Waals surface area contributed by atoms with Gasteiger partial charge in [0, 0.05) is 19.5 Å². The van der Waals surface area contributed by atoms with E-state index in [1.807, 2.05) is 6.92 Å². The summed E-state index contributed by atoms with van der Waals surface area (Å²) in [6, 6.07) is 6.49. The molecule has 4 nitrogen and oxygen atoms in total. The summed E-state index contributed by atoms with van der Waals surface area (Å²) in [4.78, 5) is 8.56. The highest BCUT2D eigenvalue weighted by molar-refractivity contribution is 6.31. The number of aromatic nitrogens is 2. The third-order valence-electron chi connectivity index (χ3n) is 2.56. The van der Waals surface area contributed by atoms with E-state index in [9.17, 15) is 4.39 Å². The molecule has 1 aromatic heterocycles. The number of hydrogen-bond acceptors (Lipinski definition) is 4. The molecule has 0 saturated carbocycles. The van der Waals surface area contributed by atoms with E-state index in [0.29, 0.717) is 23.9 Å². The lowest BCUT2D eigenvalue weighted by atomic mass is 10.3. The molecule has 0 bridgehead atoms. The number of nitrogens with one attached hydrogen (secondary N) is 2. The molecule has 0 saturated heterocycles. The van der Waals surface area contributed by atoms with Crippen molar-refractivity contribution >= 4 is 28.9 Å². The first-order valence-corrected chi connectivity index (χ1v) is 6.28. The maximum atomic E-state index is 13.8. The summed E-state index contributed by atoms with van der Waals surface area (Å²) in [5.74, 6) is 1.39. The largest absolute Gasteiger partial charge is 0.373 e. The lowest BCUT2D eigenvalue weighted by Gasteiger charge is -2.10. The average molecular weight is 281 g/mol. The summed E-state index contributed by atoms with van der Waals surface area (Å²) in [5, 5.41) is 5.93. The Bertz CT molecular complexity index is 567. The Kier molecular flexibility index (Phi) is 4.16. The van der Waals surface area contributed by atoms with E-state index >= 15 is 0 Å². The van der Waals surface area contributed by atoms with Crippen molar-refractivity contribution < 1.29 is 4.39 Å². The topological polar surface area (TPSA) is 49.8 Å². The standard InChI is InChI=1S/C13H14ClFN4/c1-3-10-18-11(16-2)7-12(19-10)17-9-6-4-5-8(14)13(9)15/h4-7H,3H2,1-2H3,(H2,16,17,18,19). The number of rotatable bonds is 4. The van der Waals surface area contributed by atoms with E-state index in [1.165, 1.54) is 6.07 Å². The van der Waals surface area contributed by atoms with Crippen LogP contribution in [0.3, 0.4) is 0 Å². The van der Waals surface area contributed by atoms with Crippen molar-refractivity contribution in [2.24, 2.45) is 0 Å². The van der Waals surface area contributed by atoms with Crippen LogP contribution >= 0.6 is 11.6 Å². The molecule has 0 unspecified atom stereocenters. The van der Waals surface area contributed by atoms with Gasteiger partial charge in [-0.05, 0) is 12.1 Å². The van der Waals surface area contributed by atoms with Crippen LogP contribution < -0.4 is 10.6 Å². The lowest BCUT2D eigenvalue weighted by molar-refractivity contribution is 0.632. The van der Waals surface area contributed by atoms with E-state index < -0.39 is 5.82 Å². The molecular formula is C13H14ClFN4. The monoisotopic (exact) mass is 280 g/mol. The number of anilines is 3. The van der Waals surface area contributed by atoms with Gasteiger partial charge in [-0.2, -0.15) is 0 Å². The smallest absolute Gasteiger partial charge is 0.165 e. The molecule has 0 fully saturated rings. The number of hydrogen-bond donors (Lipinski definition) is 2. The first-order chi connectivity index (χ1) is 9.13. The second kappa shape index (κ2) is 5.84. The molecule has 0 amide bonds.